The molecular formula is C12H17F3N4O2S. The number of hydrogen-bond donors (Lipinski definition) is 2. The molecule has 1 aromatic heterocycles. The molecule has 1 saturated heterocycles. The van der Waals surface area contributed by atoms with Gasteiger partial charge in [-0.05, 0) is 31.0 Å². The minimum Gasteiger partial charge on any atom is -0.369 e. The van der Waals surface area contributed by atoms with E-state index in [9.17, 15) is 21.6 Å². The summed E-state index contributed by atoms with van der Waals surface area (Å²) in [6, 6.07) is 2.78. The van der Waals surface area contributed by atoms with Crippen LogP contribution in [-0.2, 0) is 10.0 Å². The van der Waals surface area contributed by atoms with Crippen LogP contribution < -0.4 is 10.5 Å². The minimum absolute atomic E-state index is 0.00214. The van der Waals surface area contributed by atoms with Gasteiger partial charge in [0.05, 0.1) is 6.54 Å². The molecule has 0 saturated carbocycles. The fourth-order valence-corrected chi connectivity index (χ4v) is 3.13. The number of nitrogens with two attached hydrogens (primary N) is 1. The highest BCUT2D eigenvalue weighted by Gasteiger charge is 2.34. The number of nitrogens with zero attached hydrogens (tertiary/aromatic N) is 2. The van der Waals surface area contributed by atoms with Crippen molar-refractivity contribution in [1.29, 1.82) is 0 Å². The topological polar surface area (TPSA) is 88.3 Å². The molecule has 1 unspecified atom stereocenters. The van der Waals surface area contributed by atoms with Crippen LogP contribution in [0.5, 0.6) is 0 Å². The van der Waals surface area contributed by atoms with Gasteiger partial charge in [0.1, 0.15) is 10.7 Å². The molecule has 3 N–H and O–H groups in total. The number of sulfonamides is 1. The summed E-state index contributed by atoms with van der Waals surface area (Å²) in [5.74, 6) is 0.122. The summed E-state index contributed by atoms with van der Waals surface area (Å²) in [6.45, 7) is 0.101. The number of nitrogens with one attached hydrogen (secondary N) is 1. The maximum Gasteiger partial charge on any atom is 0.401 e. The van der Waals surface area contributed by atoms with Gasteiger partial charge in [0, 0.05) is 19.3 Å². The molecule has 0 aliphatic carbocycles. The Labute approximate surface area is 126 Å². The number of pyridine rings is 1. The van der Waals surface area contributed by atoms with Gasteiger partial charge in [-0.2, -0.15) is 13.2 Å². The van der Waals surface area contributed by atoms with Gasteiger partial charge in [-0.1, -0.05) is 0 Å². The Hall–Kier alpha value is -1.39. The number of rotatable bonds is 5. The molecule has 1 aliphatic rings. The number of alkyl halides is 3. The molecule has 22 heavy (non-hydrogen) atoms. The normalized spacial score (nSPS) is 20.3. The SMILES string of the molecule is NS(=O)(=O)c1cccnc1NCC1CCN(CC(F)(F)F)C1. The maximum absolute atomic E-state index is 12.3. The first-order chi connectivity index (χ1) is 10.1. The van der Waals surface area contributed by atoms with Crippen LogP contribution in [0.15, 0.2) is 23.2 Å². The molecule has 1 atom stereocenters. The van der Waals surface area contributed by atoms with Crippen molar-refractivity contribution >= 4 is 15.8 Å². The molecule has 10 heteroatoms. The fraction of sp³-hybridized carbons (Fsp3) is 0.583. The standard InChI is InChI=1S/C12H17F3N4O2S/c13-12(14,15)8-19-5-3-9(7-19)6-18-11-10(22(16,20)21)2-1-4-17-11/h1-2,4,9H,3,5-8H2,(H,17,18)(H2,16,20,21). The average molecular weight is 338 g/mol. The van der Waals surface area contributed by atoms with E-state index in [1.54, 1.807) is 0 Å². The van der Waals surface area contributed by atoms with Crippen molar-refractivity contribution in [2.75, 3.05) is 31.5 Å². The second kappa shape index (κ2) is 6.39. The largest absolute Gasteiger partial charge is 0.401 e. The first-order valence-electron chi connectivity index (χ1n) is 6.66. The summed E-state index contributed by atoms with van der Waals surface area (Å²) in [6.07, 6.45) is -2.17. The van der Waals surface area contributed by atoms with Gasteiger partial charge in [-0.15, -0.1) is 0 Å². The Morgan fingerprint density at radius 3 is 2.82 bits per heavy atom. The van der Waals surface area contributed by atoms with Crippen LogP contribution in [0.2, 0.25) is 0 Å². The average Bonchev–Trinajstić information content (AvgIpc) is 2.81. The van der Waals surface area contributed by atoms with Gasteiger partial charge in [0.25, 0.3) is 0 Å². The van der Waals surface area contributed by atoms with Gasteiger partial charge in [0.15, 0.2) is 0 Å². The first kappa shape index (κ1) is 17.0. The molecule has 0 radical (unpaired) electrons. The number of primary sulfonamides is 1. The summed E-state index contributed by atoms with van der Waals surface area (Å²) in [5, 5.41) is 7.96. The van der Waals surface area contributed by atoms with Crippen molar-refractivity contribution in [3.8, 4) is 0 Å². The molecule has 0 spiro atoms. The van der Waals surface area contributed by atoms with Gasteiger partial charge in [-0.25, -0.2) is 18.5 Å². The van der Waals surface area contributed by atoms with E-state index in [1.165, 1.54) is 23.2 Å². The molecule has 1 fully saturated rings. The van der Waals surface area contributed by atoms with Gasteiger partial charge >= 0.3 is 6.18 Å². The lowest BCUT2D eigenvalue weighted by Crippen LogP contribution is -2.33. The lowest BCUT2D eigenvalue weighted by Gasteiger charge is -2.18. The van der Waals surface area contributed by atoms with Crippen molar-refractivity contribution in [2.45, 2.75) is 17.5 Å². The summed E-state index contributed by atoms with van der Waals surface area (Å²) >= 11 is 0. The lowest BCUT2D eigenvalue weighted by atomic mass is 10.1. The zero-order valence-electron chi connectivity index (χ0n) is 11.7. The number of anilines is 1. The Morgan fingerprint density at radius 2 is 2.18 bits per heavy atom. The molecule has 6 nitrogen and oxygen atoms in total. The summed E-state index contributed by atoms with van der Waals surface area (Å²) in [4.78, 5) is 5.13. The number of likely N-dealkylation sites (tertiary alicyclic amines) is 1. The summed E-state index contributed by atoms with van der Waals surface area (Å²) in [5.41, 5.74) is 0. The molecular weight excluding hydrogens is 321 g/mol. The molecule has 1 aromatic rings. The zero-order chi connectivity index (χ0) is 16.4. The second-order valence-electron chi connectivity index (χ2n) is 5.28. The highest BCUT2D eigenvalue weighted by atomic mass is 32.2. The van der Waals surface area contributed by atoms with Crippen LogP contribution in [0, 0.1) is 5.92 Å². The van der Waals surface area contributed by atoms with Crippen LogP contribution in [-0.4, -0.2) is 50.7 Å². The van der Waals surface area contributed by atoms with E-state index in [0.29, 0.717) is 26.1 Å². The van der Waals surface area contributed by atoms with Crippen molar-refractivity contribution in [3.63, 3.8) is 0 Å². The third kappa shape index (κ3) is 4.82. The van der Waals surface area contributed by atoms with E-state index in [-0.39, 0.29) is 16.6 Å². The number of halogens is 3. The summed E-state index contributed by atoms with van der Waals surface area (Å²) in [7, 11) is -3.90. The molecule has 2 heterocycles. The van der Waals surface area contributed by atoms with Crippen molar-refractivity contribution < 1.29 is 21.6 Å². The monoisotopic (exact) mass is 338 g/mol. The van der Waals surface area contributed by atoms with E-state index in [4.69, 9.17) is 5.14 Å². The maximum atomic E-state index is 12.3. The quantitative estimate of drug-likeness (QED) is 0.837. The highest BCUT2D eigenvalue weighted by Crippen LogP contribution is 2.23. The highest BCUT2D eigenvalue weighted by molar-refractivity contribution is 7.89. The van der Waals surface area contributed by atoms with E-state index >= 15 is 0 Å². The lowest BCUT2D eigenvalue weighted by molar-refractivity contribution is -0.143. The zero-order valence-corrected chi connectivity index (χ0v) is 12.5. The molecule has 124 valence electrons. The van der Waals surface area contributed by atoms with Crippen LogP contribution in [0.1, 0.15) is 6.42 Å². The van der Waals surface area contributed by atoms with E-state index < -0.39 is 22.7 Å². The van der Waals surface area contributed by atoms with Gasteiger partial charge < -0.3 is 5.32 Å². The third-order valence-electron chi connectivity index (χ3n) is 3.41. The van der Waals surface area contributed by atoms with Crippen molar-refractivity contribution in [1.82, 2.24) is 9.88 Å². The molecule has 2 rings (SSSR count). The third-order valence-corrected chi connectivity index (χ3v) is 4.35. The first-order valence-corrected chi connectivity index (χ1v) is 8.20. The van der Waals surface area contributed by atoms with Gasteiger partial charge in [-0.3, -0.25) is 4.90 Å². The Balaban J connectivity index is 1.93. The van der Waals surface area contributed by atoms with E-state index in [1.807, 2.05) is 0 Å². The Bertz CT molecular complexity index is 621. The summed E-state index contributed by atoms with van der Waals surface area (Å²) < 4.78 is 59.8. The van der Waals surface area contributed by atoms with Crippen LogP contribution in [0.25, 0.3) is 0 Å². The van der Waals surface area contributed by atoms with Crippen molar-refractivity contribution in [2.24, 2.45) is 11.1 Å². The molecule has 0 amide bonds. The number of aromatic nitrogens is 1. The smallest absolute Gasteiger partial charge is 0.369 e. The van der Waals surface area contributed by atoms with E-state index in [0.717, 1.165) is 0 Å². The predicted molar refractivity (Wildman–Crippen MR) is 74.7 cm³/mol. The Kier molecular flexibility index (Phi) is 4.93. The molecule has 1 aliphatic heterocycles. The minimum atomic E-state index is -4.20. The van der Waals surface area contributed by atoms with Crippen LogP contribution in [0.4, 0.5) is 19.0 Å². The molecule has 0 bridgehead atoms. The second-order valence-corrected chi connectivity index (χ2v) is 6.81. The predicted octanol–water partition coefficient (Wildman–Crippen LogP) is 1.03. The van der Waals surface area contributed by atoms with Crippen LogP contribution in [0.3, 0.4) is 0 Å². The van der Waals surface area contributed by atoms with Gasteiger partial charge in [0.2, 0.25) is 10.0 Å². The Morgan fingerprint density at radius 1 is 1.45 bits per heavy atom. The van der Waals surface area contributed by atoms with Crippen molar-refractivity contribution in [3.05, 3.63) is 18.3 Å². The molecule has 0 aromatic carbocycles. The van der Waals surface area contributed by atoms with Crippen LogP contribution >= 0.6 is 0 Å². The number of hydrogen-bond acceptors (Lipinski definition) is 5. The van der Waals surface area contributed by atoms with E-state index in [2.05, 4.69) is 10.3 Å². The fourth-order valence-electron chi connectivity index (χ4n) is 2.47.